The van der Waals surface area contributed by atoms with Gasteiger partial charge < -0.3 is 4.74 Å². The number of benzene rings is 1. The molecule has 0 heterocycles. The smallest absolute Gasteiger partial charge is 0.338 e. The average Bonchev–Trinajstić information content (AvgIpc) is 2.58. The lowest BCUT2D eigenvalue weighted by Gasteiger charge is -2.27. The third-order valence-corrected chi connectivity index (χ3v) is 5.87. The second kappa shape index (κ2) is 7.51. The lowest BCUT2D eigenvalue weighted by atomic mass is 9.79. The lowest BCUT2D eigenvalue weighted by molar-refractivity contribution is 0.0174. The molecule has 0 unspecified atom stereocenters. The highest BCUT2D eigenvalue weighted by Gasteiger charge is 2.23. The van der Waals surface area contributed by atoms with E-state index in [-0.39, 0.29) is 14.9 Å². The SMILES string of the molecule is CC1CCC(OC(=O)c2ccc(C3CCC(C)CC3)cc2)CC1.[HH].[HH]. The number of carbonyl (C=O) groups is 1. The first-order valence-electron chi connectivity index (χ1n) is 9.42. The van der Waals surface area contributed by atoms with Crippen LogP contribution < -0.4 is 0 Å². The highest BCUT2D eigenvalue weighted by molar-refractivity contribution is 5.89. The van der Waals surface area contributed by atoms with Crippen molar-refractivity contribution >= 4 is 5.97 Å². The van der Waals surface area contributed by atoms with Gasteiger partial charge in [-0.2, -0.15) is 0 Å². The molecule has 1 aromatic carbocycles. The summed E-state index contributed by atoms with van der Waals surface area (Å²) in [5, 5.41) is 0. The van der Waals surface area contributed by atoms with Gasteiger partial charge in [0.15, 0.2) is 0 Å². The first-order chi connectivity index (χ1) is 11.1. The van der Waals surface area contributed by atoms with Gasteiger partial charge in [-0.15, -0.1) is 0 Å². The number of ether oxygens (including phenoxy) is 1. The molecule has 0 aromatic heterocycles. The second-order valence-corrected chi connectivity index (χ2v) is 7.87. The molecule has 2 aliphatic carbocycles. The molecule has 0 bridgehead atoms. The first-order valence-corrected chi connectivity index (χ1v) is 9.42. The lowest BCUT2D eigenvalue weighted by Crippen LogP contribution is -2.23. The molecular weight excluding hydrogens is 284 g/mol. The number of esters is 1. The molecular formula is C21H34O2. The predicted molar refractivity (Wildman–Crippen MR) is 97.9 cm³/mol. The Morgan fingerprint density at radius 1 is 0.870 bits per heavy atom. The van der Waals surface area contributed by atoms with E-state index in [2.05, 4.69) is 26.0 Å². The van der Waals surface area contributed by atoms with Crippen LogP contribution in [0.1, 0.15) is 89.9 Å². The average molecular weight is 319 g/mol. The van der Waals surface area contributed by atoms with Crippen LogP contribution in [0.25, 0.3) is 0 Å². The van der Waals surface area contributed by atoms with E-state index in [0.29, 0.717) is 11.5 Å². The van der Waals surface area contributed by atoms with Crippen LogP contribution in [-0.2, 0) is 4.74 Å². The van der Waals surface area contributed by atoms with Crippen LogP contribution >= 0.6 is 0 Å². The van der Waals surface area contributed by atoms with E-state index in [1.807, 2.05) is 12.1 Å². The minimum Gasteiger partial charge on any atom is -0.459 e. The normalized spacial score (nSPS) is 31.6. The molecule has 23 heavy (non-hydrogen) atoms. The molecule has 1 aromatic rings. The van der Waals surface area contributed by atoms with Crippen LogP contribution in [0.5, 0.6) is 0 Å². The third-order valence-electron chi connectivity index (χ3n) is 5.87. The molecule has 0 atom stereocenters. The maximum absolute atomic E-state index is 12.3. The molecule has 2 heteroatoms. The van der Waals surface area contributed by atoms with E-state index in [1.165, 1.54) is 44.1 Å². The van der Waals surface area contributed by atoms with Crippen molar-refractivity contribution in [2.75, 3.05) is 0 Å². The molecule has 2 saturated carbocycles. The second-order valence-electron chi connectivity index (χ2n) is 7.87. The number of hydrogen-bond donors (Lipinski definition) is 0. The highest BCUT2D eigenvalue weighted by Crippen LogP contribution is 2.35. The van der Waals surface area contributed by atoms with Crippen LogP contribution in [0.15, 0.2) is 24.3 Å². The van der Waals surface area contributed by atoms with Gasteiger partial charge in [-0.25, -0.2) is 4.79 Å². The highest BCUT2D eigenvalue weighted by atomic mass is 16.5. The summed E-state index contributed by atoms with van der Waals surface area (Å²) < 4.78 is 5.69. The fourth-order valence-corrected chi connectivity index (χ4v) is 4.05. The van der Waals surface area contributed by atoms with Gasteiger partial charge >= 0.3 is 5.97 Å². The Morgan fingerprint density at radius 2 is 1.39 bits per heavy atom. The van der Waals surface area contributed by atoms with Gasteiger partial charge in [0.05, 0.1) is 5.56 Å². The molecule has 130 valence electrons. The summed E-state index contributed by atoms with van der Waals surface area (Å²) >= 11 is 0. The van der Waals surface area contributed by atoms with E-state index >= 15 is 0 Å². The zero-order valence-electron chi connectivity index (χ0n) is 14.6. The molecule has 0 amide bonds. The van der Waals surface area contributed by atoms with Gasteiger partial charge in [0.1, 0.15) is 6.10 Å². The maximum Gasteiger partial charge on any atom is 0.338 e. The number of carbonyl (C=O) groups excluding carboxylic acids is 1. The minimum absolute atomic E-state index is 0. The molecule has 3 rings (SSSR count). The minimum atomic E-state index is -0.145. The molecule has 2 aliphatic rings. The summed E-state index contributed by atoms with van der Waals surface area (Å²) in [4.78, 5) is 12.3. The summed E-state index contributed by atoms with van der Waals surface area (Å²) in [5.74, 6) is 2.19. The summed E-state index contributed by atoms with van der Waals surface area (Å²) in [7, 11) is 0. The van der Waals surface area contributed by atoms with E-state index in [9.17, 15) is 4.79 Å². The van der Waals surface area contributed by atoms with E-state index in [4.69, 9.17) is 4.74 Å². The van der Waals surface area contributed by atoms with Gasteiger partial charge in [-0.3, -0.25) is 0 Å². The number of hydrogen-bond acceptors (Lipinski definition) is 2. The van der Waals surface area contributed by atoms with Crippen molar-refractivity contribution in [3.63, 3.8) is 0 Å². The largest absolute Gasteiger partial charge is 0.459 e. The molecule has 2 nitrogen and oxygen atoms in total. The molecule has 0 saturated heterocycles. The molecule has 2 fully saturated rings. The van der Waals surface area contributed by atoms with Gasteiger partial charge in [-0.1, -0.05) is 38.8 Å². The van der Waals surface area contributed by atoms with Crippen LogP contribution in [-0.4, -0.2) is 12.1 Å². The van der Waals surface area contributed by atoms with Crippen molar-refractivity contribution < 1.29 is 12.4 Å². The molecule has 0 spiro atoms. The van der Waals surface area contributed by atoms with Crippen molar-refractivity contribution in [2.45, 2.75) is 77.2 Å². The Hall–Kier alpha value is -1.31. The Morgan fingerprint density at radius 3 is 1.96 bits per heavy atom. The fraction of sp³-hybridized carbons (Fsp3) is 0.667. The topological polar surface area (TPSA) is 26.3 Å². The Labute approximate surface area is 143 Å². The summed E-state index contributed by atoms with van der Waals surface area (Å²) in [6.07, 6.45) is 9.74. The molecule has 0 N–H and O–H groups in total. The monoisotopic (exact) mass is 318 g/mol. The van der Waals surface area contributed by atoms with Gasteiger partial charge in [0.2, 0.25) is 0 Å². The zero-order valence-corrected chi connectivity index (χ0v) is 14.6. The van der Waals surface area contributed by atoms with E-state index in [0.717, 1.165) is 24.7 Å². The van der Waals surface area contributed by atoms with Crippen molar-refractivity contribution in [2.24, 2.45) is 11.8 Å². The van der Waals surface area contributed by atoms with Crippen LogP contribution in [0, 0.1) is 11.8 Å². The third kappa shape index (κ3) is 4.37. The Kier molecular flexibility index (Phi) is 5.40. The zero-order chi connectivity index (χ0) is 16.2. The van der Waals surface area contributed by atoms with Crippen molar-refractivity contribution in [3.8, 4) is 0 Å². The van der Waals surface area contributed by atoms with Crippen LogP contribution in [0.3, 0.4) is 0 Å². The van der Waals surface area contributed by atoms with Gasteiger partial charge in [-0.05, 0) is 74.0 Å². The molecule has 0 radical (unpaired) electrons. The summed E-state index contributed by atoms with van der Waals surface area (Å²) in [6.45, 7) is 4.63. The fourth-order valence-electron chi connectivity index (χ4n) is 4.05. The van der Waals surface area contributed by atoms with Crippen molar-refractivity contribution in [1.82, 2.24) is 0 Å². The van der Waals surface area contributed by atoms with E-state index in [1.54, 1.807) is 0 Å². The number of rotatable bonds is 3. The Balaban J connectivity index is 0.00000156. The predicted octanol–water partition coefficient (Wildman–Crippen LogP) is 6.21. The summed E-state index contributed by atoms with van der Waals surface area (Å²) in [6, 6.07) is 8.20. The standard InChI is InChI=1S/C21H30O2.2H2/c1-15-3-7-17(8-4-15)18-9-11-19(12-10-18)21(22)23-20-13-5-16(2)6-14-20;;/h9-12,15-17,20H,3-8,13-14H2,1-2H3;2*1H. The quantitative estimate of drug-likeness (QED) is 0.619. The molecule has 0 aliphatic heterocycles. The maximum atomic E-state index is 12.3. The Bertz CT molecular complexity index is 513. The first kappa shape index (κ1) is 16.5. The van der Waals surface area contributed by atoms with Gasteiger partial charge in [0.25, 0.3) is 0 Å². The van der Waals surface area contributed by atoms with Crippen LogP contribution in [0.4, 0.5) is 0 Å². The van der Waals surface area contributed by atoms with Crippen molar-refractivity contribution in [1.29, 1.82) is 0 Å². The van der Waals surface area contributed by atoms with E-state index < -0.39 is 0 Å². The van der Waals surface area contributed by atoms with Gasteiger partial charge in [0, 0.05) is 2.85 Å². The summed E-state index contributed by atoms with van der Waals surface area (Å²) in [5.41, 5.74) is 2.09. The van der Waals surface area contributed by atoms with Crippen molar-refractivity contribution in [3.05, 3.63) is 35.4 Å². The van der Waals surface area contributed by atoms with Crippen LogP contribution in [0.2, 0.25) is 0 Å².